The standard InChI is InChI=1S/C15H25N3O/c1-3-10-16-13-7-6-11-18(12-13)14-8-5-9-15(17-14)19-4-2/h5,8-9,13,16H,3-4,6-7,10-12H2,1-2H3. The van der Waals surface area contributed by atoms with Gasteiger partial charge in [0.1, 0.15) is 5.82 Å². The third kappa shape index (κ3) is 4.10. The maximum atomic E-state index is 5.48. The summed E-state index contributed by atoms with van der Waals surface area (Å²) in [6.07, 6.45) is 3.68. The second kappa shape index (κ2) is 7.34. The van der Waals surface area contributed by atoms with Gasteiger partial charge in [-0.25, -0.2) is 0 Å². The molecule has 0 bridgehead atoms. The number of rotatable bonds is 6. The zero-order valence-corrected chi connectivity index (χ0v) is 12.1. The fourth-order valence-electron chi connectivity index (χ4n) is 2.51. The maximum Gasteiger partial charge on any atom is 0.215 e. The van der Waals surface area contributed by atoms with Gasteiger partial charge in [-0.15, -0.1) is 0 Å². The number of nitrogens with one attached hydrogen (secondary N) is 1. The van der Waals surface area contributed by atoms with Crippen molar-refractivity contribution in [2.75, 3.05) is 31.1 Å². The number of hydrogen-bond donors (Lipinski definition) is 1. The minimum atomic E-state index is 0.589. The predicted octanol–water partition coefficient (Wildman–Crippen LogP) is 2.45. The van der Waals surface area contributed by atoms with Crippen molar-refractivity contribution in [3.05, 3.63) is 18.2 Å². The summed E-state index contributed by atoms with van der Waals surface area (Å²) < 4.78 is 5.48. The van der Waals surface area contributed by atoms with Crippen molar-refractivity contribution >= 4 is 5.82 Å². The Balaban J connectivity index is 1.98. The molecule has 4 nitrogen and oxygen atoms in total. The van der Waals surface area contributed by atoms with Crippen LogP contribution in [0.15, 0.2) is 18.2 Å². The van der Waals surface area contributed by atoms with Crippen molar-refractivity contribution in [3.8, 4) is 5.88 Å². The van der Waals surface area contributed by atoms with Crippen molar-refractivity contribution in [2.24, 2.45) is 0 Å². The third-order valence-corrected chi connectivity index (χ3v) is 3.43. The topological polar surface area (TPSA) is 37.4 Å². The Morgan fingerprint density at radius 3 is 3.11 bits per heavy atom. The van der Waals surface area contributed by atoms with Crippen LogP contribution in [0.2, 0.25) is 0 Å². The molecule has 2 heterocycles. The molecule has 1 aromatic heterocycles. The molecule has 1 N–H and O–H groups in total. The van der Waals surface area contributed by atoms with Gasteiger partial charge in [0, 0.05) is 25.2 Å². The Kier molecular flexibility index (Phi) is 5.45. The Morgan fingerprint density at radius 2 is 2.32 bits per heavy atom. The SMILES string of the molecule is CCCNC1CCCN(c2cccc(OCC)n2)C1. The molecule has 0 spiro atoms. The number of nitrogens with zero attached hydrogens (tertiary/aromatic N) is 2. The van der Waals surface area contributed by atoms with E-state index in [1.165, 1.54) is 19.3 Å². The zero-order valence-electron chi connectivity index (χ0n) is 12.1. The van der Waals surface area contributed by atoms with Gasteiger partial charge in [-0.2, -0.15) is 4.98 Å². The van der Waals surface area contributed by atoms with Crippen LogP contribution in [0, 0.1) is 0 Å². The summed E-state index contributed by atoms with van der Waals surface area (Å²) in [5.74, 6) is 1.76. The minimum absolute atomic E-state index is 0.589. The van der Waals surface area contributed by atoms with Crippen LogP contribution in [-0.4, -0.2) is 37.3 Å². The van der Waals surface area contributed by atoms with Gasteiger partial charge >= 0.3 is 0 Å². The summed E-state index contributed by atoms with van der Waals surface area (Å²) in [7, 11) is 0. The van der Waals surface area contributed by atoms with Crippen molar-refractivity contribution in [1.82, 2.24) is 10.3 Å². The first-order chi connectivity index (χ1) is 9.33. The van der Waals surface area contributed by atoms with E-state index in [1.807, 2.05) is 19.1 Å². The van der Waals surface area contributed by atoms with Crippen LogP contribution < -0.4 is 15.0 Å². The molecule has 19 heavy (non-hydrogen) atoms. The normalized spacial score (nSPS) is 19.5. The van der Waals surface area contributed by atoms with Gasteiger partial charge < -0.3 is 15.0 Å². The lowest BCUT2D eigenvalue weighted by atomic mass is 10.1. The Hall–Kier alpha value is -1.29. The van der Waals surface area contributed by atoms with Crippen LogP contribution in [0.25, 0.3) is 0 Å². The highest BCUT2D eigenvalue weighted by Crippen LogP contribution is 2.20. The molecule has 0 aromatic carbocycles. The molecular formula is C15H25N3O. The van der Waals surface area contributed by atoms with Crippen molar-refractivity contribution in [3.63, 3.8) is 0 Å². The molecule has 0 saturated carbocycles. The van der Waals surface area contributed by atoms with Crippen LogP contribution in [0.1, 0.15) is 33.1 Å². The monoisotopic (exact) mass is 263 g/mol. The van der Waals surface area contributed by atoms with Crippen LogP contribution in [0.4, 0.5) is 5.82 Å². The van der Waals surface area contributed by atoms with E-state index < -0.39 is 0 Å². The lowest BCUT2D eigenvalue weighted by Gasteiger charge is -2.34. The Bertz CT molecular complexity index is 383. The molecule has 1 unspecified atom stereocenters. The van der Waals surface area contributed by atoms with E-state index in [-0.39, 0.29) is 0 Å². The quantitative estimate of drug-likeness (QED) is 0.855. The van der Waals surface area contributed by atoms with E-state index in [0.29, 0.717) is 12.6 Å². The van der Waals surface area contributed by atoms with Gasteiger partial charge in [0.05, 0.1) is 6.61 Å². The molecule has 2 rings (SSSR count). The highest BCUT2D eigenvalue weighted by Gasteiger charge is 2.20. The van der Waals surface area contributed by atoms with Gasteiger partial charge in [-0.3, -0.25) is 0 Å². The van der Waals surface area contributed by atoms with Crippen LogP contribution in [-0.2, 0) is 0 Å². The number of ether oxygens (including phenoxy) is 1. The number of piperidine rings is 1. The van der Waals surface area contributed by atoms with E-state index in [9.17, 15) is 0 Å². The molecule has 0 radical (unpaired) electrons. The maximum absolute atomic E-state index is 5.48. The summed E-state index contributed by atoms with van der Waals surface area (Å²) >= 11 is 0. The molecular weight excluding hydrogens is 238 g/mol. The molecule has 0 aliphatic carbocycles. The largest absolute Gasteiger partial charge is 0.478 e. The summed E-state index contributed by atoms with van der Waals surface area (Å²) in [5, 5.41) is 3.61. The molecule has 0 amide bonds. The fraction of sp³-hybridized carbons (Fsp3) is 0.667. The molecule has 1 fully saturated rings. The van der Waals surface area contributed by atoms with E-state index in [4.69, 9.17) is 4.74 Å². The molecule has 1 atom stereocenters. The number of pyridine rings is 1. The van der Waals surface area contributed by atoms with Gasteiger partial charge in [-0.05, 0) is 38.8 Å². The predicted molar refractivity (Wildman–Crippen MR) is 78.9 cm³/mol. The molecule has 1 aromatic rings. The Labute approximate surface area is 116 Å². The summed E-state index contributed by atoms with van der Waals surface area (Å²) in [4.78, 5) is 6.94. The molecule has 106 valence electrons. The highest BCUT2D eigenvalue weighted by atomic mass is 16.5. The average Bonchev–Trinajstić information content (AvgIpc) is 2.46. The van der Waals surface area contributed by atoms with E-state index in [0.717, 1.165) is 31.3 Å². The third-order valence-electron chi connectivity index (χ3n) is 3.43. The Morgan fingerprint density at radius 1 is 1.42 bits per heavy atom. The smallest absolute Gasteiger partial charge is 0.215 e. The molecule has 1 aliphatic rings. The number of hydrogen-bond acceptors (Lipinski definition) is 4. The van der Waals surface area contributed by atoms with Gasteiger partial charge in [0.2, 0.25) is 5.88 Å². The first kappa shape index (κ1) is 14.1. The zero-order chi connectivity index (χ0) is 13.5. The summed E-state index contributed by atoms with van der Waals surface area (Å²) in [5.41, 5.74) is 0. The second-order valence-corrected chi connectivity index (χ2v) is 5.01. The van der Waals surface area contributed by atoms with Gasteiger partial charge in [-0.1, -0.05) is 13.0 Å². The van der Waals surface area contributed by atoms with E-state index in [2.05, 4.69) is 28.2 Å². The van der Waals surface area contributed by atoms with Crippen molar-refractivity contribution in [1.29, 1.82) is 0 Å². The average molecular weight is 263 g/mol. The minimum Gasteiger partial charge on any atom is -0.478 e. The van der Waals surface area contributed by atoms with E-state index in [1.54, 1.807) is 0 Å². The molecule has 1 aliphatic heterocycles. The first-order valence-corrected chi connectivity index (χ1v) is 7.41. The molecule has 4 heteroatoms. The van der Waals surface area contributed by atoms with Gasteiger partial charge in [0.15, 0.2) is 0 Å². The van der Waals surface area contributed by atoms with Crippen molar-refractivity contribution < 1.29 is 4.74 Å². The highest BCUT2D eigenvalue weighted by molar-refractivity contribution is 5.41. The van der Waals surface area contributed by atoms with Crippen LogP contribution >= 0.6 is 0 Å². The fourth-order valence-corrected chi connectivity index (χ4v) is 2.51. The van der Waals surface area contributed by atoms with Crippen LogP contribution in [0.3, 0.4) is 0 Å². The van der Waals surface area contributed by atoms with E-state index >= 15 is 0 Å². The van der Waals surface area contributed by atoms with Crippen LogP contribution in [0.5, 0.6) is 5.88 Å². The van der Waals surface area contributed by atoms with Crippen molar-refractivity contribution in [2.45, 2.75) is 39.2 Å². The summed E-state index contributed by atoms with van der Waals surface area (Å²) in [6, 6.07) is 6.61. The lowest BCUT2D eigenvalue weighted by Crippen LogP contribution is -2.46. The molecule has 1 saturated heterocycles. The van der Waals surface area contributed by atoms with Gasteiger partial charge in [0.25, 0.3) is 0 Å². The number of anilines is 1. The summed E-state index contributed by atoms with van der Waals surface area (Å²) in [6.45, 7) is 8.10. The second-order valence-electron chi connectivity index (χ2n) is 5.01. The first-order valence-electron chi connectivity index (χ1n) is 7.41. The lowest BCUT2D eigenvalue weighted by molar-refractivity contribution is 0.326. The number of aromatic nitrogens is 1.